The van der Waals surface area contributed by atoms with Crippen LogP contribution in [-0.4, -0.2) is 17.4 Å². The van der Waals surface area contributed by atoms with Crippen LogP contribution in [0.1, 0.15) is 22.3 Å². The van der Waals surface area contributed by atoms with Crippen LogP contribution in [0.4, 0.5) is 5.69 Å². The Morgan fingerprint density at radius 1 is 1.04 bits per heavy atom. The number of rotatable bonds is 4. The number of carbonyl (C=O) groups excluding carboxylic acids is 1. The fourth-order valence-corrected chi connectivity index (χ4v) is 3.45. The number of anilines is 1. The first-order valence-corrected chi connectivity index (χ1v) is 9.52. The monoisotopic (exact) mass is 414 g/mol. The van der Waals surface area contributed by atoms with Crippen LogP contribution in [0.2, 0.25) is 10.0 Å². The summed E-state index contributed by atoms with van der Waals surface area (Å²) in [6.45, 7) is 0.630. The molecule has 5 nitrogen and oxygen atoms in total. The highest BCUT2D eigenvalue weighted by atomic mass is 35.5. The highest BCUT2D eigenvalue weighted by Crippen LogP contribution is 2.31. The van der Waals surface area contributed by atoms with E-state index in [9.17, 15) is 4.79 Å². The molecule has 0 spiro atoms. The van der Waals surface area contributed by atoms with Crippen molar-refractivity contribution < 1.29 is 14.6 Å². The van der Waals surface area contributed by atoms with Gasteiger partial charge in [0, 0.05) is 41.8 Å². The standard InChI is InChI=1S/C21H16Cl2N2O3/c22-15-7-8-17(23)20(12-15)28-27-19-9-10-24-13-16(19)21(26)25-11-3-5-14-4-1-2-6-18(14)25/h1-2,4,6-10,12-13H,3,5,11H2. The quantitative estimate of drug-likeness (QED) is 0.426. The van der Waals surface area contributed by atoms with Gasteiger partial charge in [-0.15, -0.1) is 0 Å². The van der Waals surface area contributed by atoms with Gasteiger partial charge in [-0.2, -0.15) is 0 Å². The lowest BCUT2D eigenvalue weighted by molar-refractivity contribution is -0.100. The van der Waals surface area contributed by atoms with Gasteiger partial charge in [0.25, 0.3) is 5.91 Å². The molecule has 2 heterocycles. The van der Waals surface area contributed by atoms with Crippen LogP contribution in [-0.2, 0) is 6.42 Å². The summed E-state index contributed by atoms with van der Waals surface area (Å²) in [6, 6.07) is 14.3. The summed E-state index contributed by atoms with van der Waals surface area (Å²) in [5, 5.41) is 0.801. The highest BCUT2D eigenvalue weighted by molar-refractivity contribution is 6.34. The van der Waals surface area contributed by atoms with Gasteiger partial charge in [0.15, 0.2) is 11.5 Å². The molecule has 4 rings (SSSR count). The molecule has 0 atom stereocenters. The zero-order valence-electron chi connectivity index (χ0n) is 14.8. The minimum absolute atomic E-state index is 0.198. The highest BCUT2D eigenvalue weighted by Gasteiger charge is 2.26. The van der Waals surface area contributed by atoms with Crippen LogP contribution in [0.15, 0.2) is 60.9 Å². The molecule has 0 saturated carbocycles. The maximum Gasteiger partial charge on any atom is 0.263 e. The molecule has 3 aromatic rings. The van der Waals surface area contributed by atoms with E-state index in [0.717, 1.165) is 24.1 Å². The molecule has 0 saturated heterocycles. The largest absolute Gasteiger partial charge is 0.308 e. The van der Waals surface area contributed by atoms with Crippen molar-refractivity contribution in [1.82, 2.24) is 4.98 Å². The Labute approximate surface area is 172 Å². The van der Waals surface area contributed by atoms with E-state index in [1.807, 2.05) is 24.3 Å². The summed E-state index contributed by atoms with van der Waals surface area (Å²) in [5.41, 5.74) is 2.36. The smallest absolute Gasteiger partial charge is 0.263 e. The molecule has 0 bridgehead atoms. The second kappa shape index (κ2) is 8.09. The van der Waals surface area contributed by atoms with Crippen molar-refractivity contribution in [3.05, 3.63) is 82.1 Å². The Balaban J connectivity index is 1.60. The van der Waals surface area contributed by atoms with E-state index < -0.39 is 0 Å². The number of aromatic nitrogens is 1. The number of pyridine rings is 1. The van der Waals surface area contributed by atoms with E-state index in [1.54, 1.807) is 23.1 Å². The van der Waals surface area contributed by atoms with Gasteiger partial charge in [0.1, 0.15) is 5.56 Å². The molecule has 0 aliphatic carbocycles. The fourth-order valence-electron chi connectivity index (χ4n) is 3.14. The lowest BCUT2D eigenvalue weighted by Gasteiger charge is -2.29. The summed E-state index contributed by atoms with van der Waals surface area (Å²) in [6.07, 6.45) is 4.84. The summed E-state index contributed by atoms with van der Waals surface area (Å²) in [4.78, 5) is 29.8. The van der Waals surface area contributed by atoms with Crippen molar-refractivity contribution in [1.29, 1.82) is 0 Å². The lowest BCUT2D eigenvalue weighted by atomic mass is 10.0. The van der Waals surface area contributed by atoms with Crippen LogP contribution in [0, 0.1) is 0 Å². The molecule has 0 unspecified atom stereocenters. The molecule has 1 aliphatic rings. The third kappa shape index (κ3) is 3.77. The Bertz CT molecular complexity index is 1030. The first-order valence-electron chi connectivity index (χ1n) is 8.77. The third-order valence-corrected chi connectivity index (χ3v) is 5.03. The van der Waals surface area contributed by atoms with Crippen LogP contribution in [0.3, 0.4) is 0 Å². The molecule has 1 aliphatic heterocycles. The minimum Gasteiger partial charge on any atom is -0.308 e. The number of para-hydroxylation sites is 1. The second-order valence-corrected chi connectivity index (χ2v) is 7.15. The number of hydrogen-bond acceptors (Lipinski definition) is 4. The van der Waals surface area contributed by atoms with Gasteiger partial charge in [-0.1, -0.05) is 41.4 Å². The molecular weight excluding hydrogens is 399 g/mol. The normalized spacial score (nSPS) is 13.0. The fraction of sp³-hybridized carbons (Fsp3) is 0.143. The van der Waals surface area contributed by atoms with Crippen LogP contribution in [0.25, 0.3) is 0 Å². The van der Waals surface area contributed by atoms with Gasteiger partial charge in [0.2, 0.25) is 0 Å². The van der Waals surface area contributed by atoms with Crippen molar-refractivity contribution in [3.63, 3.8) is 0 Å². The van der Waals surface area contributed by atoms with Gasteiger partial charge >= 0.3 is 0 Å². The first-order chi connectivity index (χ1) is 13.6. The Morgan fingerprint density at radius 3 is 2.75 bits per heavy atom. The molecule has 2 aromatic carbocycles. The van der Waals surface area contributed by atoms with Crippen molar-refractivity contribution in [2.45, 2.75) is 12.8 Å². The van der Waals surface area contributed by atoms with Gasteiger partial charge in [-0.05, 0) is 36.6 Å². The summed E-state index contributed by atoms with van der Waals surface area (Å²) in [7, 11) is 0. The van der Waals surface area contributed by atoms with Crippen molar-refractivity contribution >= 4 is 34.8 Å². The summed E-state index contributed by atoms with van der Waals surface area (Å²) < 4.78 is 0. The van der Waals surface area contributed by atoms with Gasteiger partial charge in [-0.25, -0.2) is 0 Å². The van der Waals surface area contributed by atoms with Gasteiger partial charge < -0.3 is 4.90 Å². The lowest BCUT2D eigenvalue weighted by Crippen LogP contribution is -2.35. The summed E-state index contributed by atoms with van der Waals surface area (Å²) >= 11 is 12.1. The number of hydrogen-bond donors (Lipinski definition) is 0. The number of halogens is 2. The minimum atomic E-state index is -0.198. The maximum absolute atomic E-state index is 13.2. The molecule has 142 valence electrons. The predicted molar refractivity (Wildman–Crippen MR) is 108 cm³/mol. The number of nitrogens with zero attached hydrogens (tertiary/aromatic N) is 2. The molecule has 28 heavy (non-hydrogen) atoms. The van der Waals surface area contributed by atoms with Crippen molar-refractivity contribution in [2.24, 2.45) is 0 Å². The topological polar surface area (TPSA) is 51.7 Å². The van der Waals surface area contributed by atoms with Crippen LogP contribution in [0.5, 0.6) is 11.5 Å². The molecule has 0 N–H and O–H groups in total. The zero-order chi connectivity index (χ0) is 19.5. The van der Waals surface area contributed by atoms with E-state index in [-0.39, 0.29) is 17.4 Å². The Kier molecular flexibility index (Phi) is 5.37. The van der Waals surface area contributed by atoms with Crippen LogP contribution >= 0.6 is 23.2 Å². The first kappa shape index (κ1) is 18.6. The second-order valence-electron chi connectivity index (χ2n) is 6.30. The molecule has 0 fully saturated rings. The number of carbonyl (C=O) groups is 1. The van der Waals surface area contributed by atoms with Crippen molar-refractivity contribution in [2.75, 3.05) is 11.4 Å². The average Bonchev–Trinajstić information content (AvgIpc) is 2.73. The molecule has 1 aromatic heterocycles. The number of aryl methyl sites for hydroxylation is 1. The number of benzene rings is 2. The van der Waals surface area contributed by atoms with E-state index >= 15 is 0 Å². The van der Waals surface area contributed by atoms with Crippen LogP contribution < -0.4 is 14.7 Å². The average molecular weight is 415 g/mol. The molecular formula is C21H16Cl2N2O3. The SMILES string of the molecule is O=C(c1cnccc1OOc1cc(Cl)ccc1Cl)N1CCCc2ccccc21. The van der Waals surface area contributed by atoms with Gasteiger partial charge in [0.05, 0.1) is 5.02 Å². The van der Waals surface area contributed by atoms with E-state index in [0.29, 0.717) is 22.2 Å². The van der Waals surface area contributed by atoms with E-state index in [4.69, 9.17) is 33.0 Å². The predicted octanol–water partition coefficient (Wildman–Crippen LogP) is 5.35. The van der Waals surface area contributed by atoms with E-state index in [1.165, 1.54) is 18.5 Å². The molecule has 0 radical (unpaired) electrons. The number of amides is 1. The maximum atomic E-state index is 13.2. The van der Waals surface area contributed by atoms with E-state index in [2.05, 4.69) is 4.98 Å². The summed E-state index contributed by atoms with van der Waals surface area (Å²) in [5.74, 6) is 0.308. The van der Waals surface area contributed by atoms with Gasteiger partial charge in [-0.3, -0.25) is 19.6 Å². The Morgan fingerprint density at radius 2 is 1.86 bits per heavy atom. The molecule has 1 amide bonds. The number of fused-ring (bicyclic) bond motifs is 1. The zero-order valence-corrected chi connectivity index (χ0v) is 16.3. The Hall–Kier alpha value is -2.76. The van der Waals surface area contributed by atoms with Crippen molar-refractivity contribution in [3.8, 4) is 11.5 Å². The third-order valence-electron chi connectivity index (χ3n) is 4.48. The molecule has 7 heteroatoms.